The lowest BCUT2D eigenvalue weighted by atomic mass is 10.4. The molecule has 0 unspecified atom stereocenters. The molecule has 1 rings (SSSR count). The molecule has 0 amide bonds. The monoisotopic (exact) mass is 268 g/mol. The maximum Gasteiger partial charge on any atom is 0.405 e. The van der Waals surface area contributed by atoms with Crippen LogP contribution < -0.4 is 5.32 Å². The topological polar surface area (TPSA) is 51.2 Å². The molecule has 8 heteroatoms. The molecule has 0 bridgehead atoms. The fourth-order valence-corrected chi connectivity index (χ4v) is 1.83. The summed E-state index contributed by atoms with van der Waals surface area (Å²) in [5.74, 6) is -0.624. The Kier molecular flexibility index (Phi) is 4.33. The number of rotatable bonds is 4. The Morgan fingerprint density at radius 3 is 2.71 bits per heavy atom. The maximum atomic E-state index is 12.0. The van der Waals surface area contributed by atoms with E-state index >= 15 is 0 Å². The molecule has 1 aromatic heterocycles. The third kappa shape index (κ3) is 4.22. The second kappa shape index (κ2) is 5.35. The van der Waals surface area contributed by atoms with Gasteiger partial charge in [0, 0.05) is 4.88 Å². The smallest absolute Gasteiger partial charge is 0.405 e. The van der Waals surface area contributed by atoms with Gasteiger partial charge in [-0.3, -0.25) is 0 Å². The Labute approximate surface area is 99.8 Å². The highest BCUT2D eigenvalue weighted by atomic mass is 32.1. The van der Waals surface area contributed by atoms with Gasteiger partial charge in [0.05, 0.1) is 6.61 Å². The van der Waals surface area contributed by atoms with Crippen LogP contribution in [-0.4, -0.2) is 30.3 Å². The molecule has 0 saturated heterocycles. The highest BCUT2D eigenvalue weighted by molar-refractivity contribution is 7.15. The van der Waals surface area contributed by atoms with Crippen LogP contribution in [0.3, 0.4) is 0 Å². The summed E-state index contributed by atoms with van der Waals surface area (Å²) in [5.41, 5.74) is 0.0570. The van der Waals surface area contributed by atoms with Crippen molar-refractivity contribution in [1.82, 2.24) is 4.98 Å². The van der Waals surface area contributed by atoms with E-state index in [0.717, 1.165) is 11.3 Å². The SMILES string of the molecule is CCOC(=O)c1nc(NCC(F)(F)F)sc1C. The summed E-state index contributed by atoms with van der Waals surface area (Å²) in [6.07, 6.45) is -4.32. The van der Waals surface area contributed by atoms with Gasteiger partial charge in [0.1, 0.15) is 6.54 Å². The van der Waals surface area contributed by atoms with Crippen LogP contribution in [0.5, 0.6) is 0 Å². The van der Waals surface area contributed by atoms with E-state index in [1.54, 1.807) is 13.8 Å². The van der Waals surface area contributed by atoms with E-state index in [9.17, 15) is 18.0 Å². The third-order valence-corrected chi connectivity index (χ3v) is 2.63. The molecular weight excluding hydrogens is 257 g/mol. The number of ether oxygens (including phenoxy) is 1. The van der Waals surface area contributed by atoms with Crippen LogP contribution >= 0.6 is 11.3 Å². The van der Waals surface area contributed by atoms with Gasteiger partial charge in [-0.25, -0.2) is 9.78 Å². The quantitative estimate of drug-likeness (QED) is 0.853. The van der Waals surface area contributed by atoms with E-state index in [4.69, 9.17) is 4.74 Å². The van der Waals surface area contributed by atoms with Gasteiger partial charge >= 0.3 is 12.1 Å². The average Bonchev–Trinajstić information content (AvgIpc) is 2.56. The molecule has 1 aromatic rings. The molecule has 0 saturated carbocycles. The number of anilines is 1. The molecule has 1 heterocycles. The number of hydrogen-bond acceptors (Lipinski definition) is 5. The van der Waals surface area contributed by atoms with Gasteiger partial charge in [-0.05, 0) is 13.8 Å². The summed E-state index contributed by atoms with van der Waals surface area (Å²) in [7, 11) is 0. The molecule has 0 aliphatic heterocycles. The van der Waals surface area contributed by atoms with Crippen LogP contribution in [0.4, 0.5) is 18.3 Å². The van der Waals surface area contributed by atoms with Gasteiger partial charge in [-0.15, -0.1) is 11.3 Å². The second-order valence-corrected chi connectivity index (χ2v) is 4.32. The van der Waals surface area contributed by atoms with Crippen molar-refractivity contribution < 1.29 is 22.7 Å². The Morgan fingerprint density at radius 2 is 2.18 bits per heavy atom. The highest BCUT2D eigenvalue weighted by Gasteiger charge is 2.27. The van der Waals surface area contributed by atoms with Crippen LogP contribution in [0, 0.1) is 6.92 Å². The van der Waals surface area contributed by atoms with Crippen molar-refractivity contribution in [3.63, 3.8) is 0 Å². The summed E-state index contributed by atoms with van der Waals surface area (Å²) in [6, 6.07) is 0. The molecule has 1 N–H and O–H groups in total. The van der Waals surface area contributed by atoms with Crippen LogP contribution in [0.15, 0.2) is 0 Å². The van der Waals surface area contributed by atoms with Crippen LogP contribution in [0.25, 0.3) is 0 Å². The summed E-state index contributed by atoms with van der Waals surface area (Å²) in [5, 5.41) is 2.18. The number of carbonyl (C=O) groups excluding carboxylic acids is 1. The van der Waals surface area contributed by atoms with Gasteiger partial charge in [0.2, 0.25) is 0 Å². The van der Waals surface area contributed by atoms with Crippen LogP contribution in [0.2, 0.25) is 0 Å². The van der Waals surface area contributed by atoms with Crippen molar-refractivity contribution in [3.8, 4) is 0 Å². The minimum atomic E-state index is -4.32. The van der Waals surface area contributed by atoms with Gasteiger partial charge in [0.25, 0.3) is 0 Å². The number of esters is 1. The molecule has 17 heavy (non-hydrogen) atoms. The lowest BCUT2D eigenvalue weighted by molar-refractivity contribution is -0.115. The summed E-state index contributed by atoms with van der Waals surface area (Å²) in [4.78, 5) is 15.6. The van der Waals surface area contributed by atoms with E-state index in [1.807, 2.05) is 0 Å². The molecule has 4 nitrogen and oxygen atoms in total. The predicted molar refractivity (Wildman–Crippen MR) is 57.4 cm³/mol. The zero-order chi connectivity index (χ0) is 13.1. The van der Waals surface area contributed by atoms with Crippen molar-refractivity contribution in [1.29, 1.82) is 0 Å². The highest BCUT2D eigenvalue weighted by Crippen LogP contribution is 2.24. The number of thiazole rings is 1. The molecule has 0 spiro atoms. The Balaban J connectivity index is 2.71. The first kappa shape index (κ1) is 13.8. The van der Waals surface area contributed by atoms with Crippen molar-refractivity contribution >= 4 is 22.4 Å². The van der Waals surface area contributed by atoms with Crippen molar-refractivity contribution in [2.75, 3.05) is 18.5 Å². The van der Waals surface area contributed by atoms with Gasteiger partial charge in [0.15, 0.2) is 10.8 Å². The molecule has 0 radical (unpaired) electrons. The number of hydrogen-bond donors (Lipinski definition) is 1. The fraction of sp³-hybridized carbons (Fsp3) is 0.556. The summed E-state index contributed by atoms with van der Waals surface area (Å²) < 4.78 is 40.6. The van der Waals surface area contributed by atoms with Gasteiger partial charge < -0.3 is 10.1 Å². The Morgan fingerprint density at radius 1 is 1.53 bits per heavy atom. The first-order valence-corrected chi connectivity index (χ1v) is 5.60. The number of alkyl halides is 3. The van der Waals surface area contributed by atoms with E-state index < -0.39 is 18.7 Å². The zero-order valence-electron chi connectivity index (χ0n) is 9.22. The standard InChI is InChI=1S/C9H11F3N2O2S/c1-3-16-7(15)6-5(2)17-8(14-6)13-4-9(10,11)12/h3-4H2,1-2H3,(H,13,14). The lowest BCUT2D eigenvalue weighted by Crippen LogP contribution is -2.21. The average molecular weight is 268 g/mol. The van der Waals surface area contributed by atoms with Crippen molar-refractivity contribution in [2.45, 2.75) is 20.0 Å². The molecule has 0 aromatic carbocycles. The molecule has 0 aliphatic rings. The largest absolute Gasteiger partial charge is 0.461 e. The molecule has 0 fully saturated rings. The number of nitrogens with zero attached hydrogens (tertiary/aromatic N) is 1. The first-order chi connectivity index (χ1) is 7.83. The third-order valence-electron chi connectivity index (χ3n) is 1.71. The number of aryl methyl sites for hydroxylation is 1. The lowest BCUT2D eigenvalue weighted by Gasteiger charge is -2.05. The number of aromatic nitrogens is 1. The van der Waals surface area contributed by atoms with Crippen LogP contribution in [0.1, 0.15) is 22.3 Å². The maximum absolute atomic E-state index is 12.0. The molecule has 0 atom stereocenters. The minimum Gasteiger partial charge on any atom is -0.461 e. The van der Waals surface area contributed by atoms with Crippen molar-refractivity contribution in [2.24, 2.45) is 0 Å². The number of halogens is 3. The van der Waals surface area contributed by atoms with Crippen molar-refractivity contribution in [3.05, 3.63) is 10.6 Å². The van der Waals surface area contributed by atoms with Crippen LogP contribution in [-0.2, 0) is 4.74 Å². The molecular formula is C9H11F3N2O2S. The Hall–Kier alpha value is -1.31. The van der Waals surface area contributed by atoms with E-state index in [-0.39, 0.29) is 17.4 Å². The second-order valence-electron chi connectivity index (χ2n) is 3.11. The zero-order valence-corrected chi connectivity index (χ0v) is 10.0. The van der Waals surface area contributed by atoms with Gasteiger partial charge in [-0.1, -0.05) is 0 Å². The van der Waals surface area contributed by atoms with E-state index in [1.165, 1.54) is 0 Å². The summed E-state index contributed by atoms with van der Waals surface area (Å²) in [6.45, 7) is 2.26. The molecule has 0 aliphatic carbocycles. The minimum absolute atomic E-state index is 0.0570. The summed E-state index contributed by atoms with van der Waals surface area (Å²) >= 11 is 0.986. The number of nitrogens with one attached hydrogen (secondary N) is 1. The van der Waals surface area contributed by atoms with E-state index in [2.05, 4.69) is 10.3 Å². The normalized spacial score (nSPS) is 11.4. The first-order valence-electron chi connectivity index (χ1n) is 4.78. The van der Waals surface area contributed by atoms with Gasteiger partial charge in [-0.2, -0.15) is 13.2 Å². The fourth-order valence-electron chi connectivity index (χ4n) is 1.04. The molecule has 96 valence electrons. The predicted octanol–water partition coefficient (Wildman–Crippen LogP) is 2.60. The Bertz CT molecular complexity index is 403. The van der Waals surface area contributed by atoms with E-state index in [0.29, 0.717) is 4.88 Å². The number of carbonyl (C=O) groups is 1.